The second kappa shape index (κ2) is 8.92. The van der Waals surface area contributed by atoms with E-state index in [4.69, 9.17) is 16.3 Å². The number of nitrogens with one attached hydrogen (secondary N) is 1. The van der Waals surface area contributed by atoms with Crippen LogP contribution in [0.4, 0.5) is 0 Å². The van der Waals surface area contributed by atoms with E-state index in [9.17, 15) is 0 Å². The molecule has 2 nitrogen and oxygen atoms in total. The summed E-state index contributed by atoms with van der Waals surface area (Å²) >= 11 is 9.55. The van der Waals surface area contributed by atoms with Crippen molar-refractivity contribution in [1.82, 2.24) is 5.32 Å². The molecular formula is C14H21BrClNO. The van der Waals surface area contributed by atoms with E-state index in [1.807, 2.05) is 12.1 Å². The lowest BCUT2D eigenvalue weighted by atomic mass is 10.1. The van der Waals surface area contributed by atoms with E-state index in [-0.39, 0.29) is 6.04 Å². The predicted octanol–water partition coefficient (Wildman–Crippen LogP) is 4.57. The smallest absolute Gasteiger partial charge is 0.0661 e. The van der Waals surface area contributed by atoms with Crippen LogP contribution in [-0.4, -0.2) is 19.8 Å². The highest BCUT2D eigenvalue weighted by Crippen LogP contribution is 2.26. The summed E-state index contributed by atoms with van der Waals surface area (Å²) in [7, 11) is 0. The minimum Gasteiger partial charge on any atom is -0.379 e. The Bertz CT molecular complexity index is 360. The maximum atomic E-state index is 6.14. The van der Waals surface area contributed by atoms with E-state index in [1.165, 1.54) is 5.56 Å². The SMILES string of the molecule is CCCNC(COCCC)c1ccc(Br)c(Cl)c1. The molecule has 1 aromatic rings. The summed E-state index contributed by atoms with van der Waals surface area (Å²) in [6.07, 6.45) is 2.15. The molecule has 0 aromatic heterocycles. The quantitative estimate of drug-likeness (QED) is 0.703. The van der Waals surface area contributed by atoms with Gasteiger partial charge < -0.3 is 10.1 Å². The zero-order chi connectivity index (χ0) is 13.4. The van der Waals surface area contributed by atoms with Gasteiger partial charge in [0.05, 0.1) is 17.7 Å². The van der Waals surface area contributed by atoms with Crippen molar-refractivity contribution in [2.75, 3.05) is 19.8 Å². The summed E-state index contributed by atoms with van der Waals surface area (Å²) < 4.78 is 6.58. The molecule has 1 atom stereocenters. The second-order valence-corrected chi connectivity index (χ2v) is 5.52. The van der Waals surface area contributed by atoms with E-state index < -0.39 is 0 Å². The summed E-state index contributed by atoms with van der Waals surface area (Å²) in [5.74, 6) is 0. The Morgan fingerprint density at radius 2 is 2.11 bits per heavy atom. The Balaban J connectivity index is 2.70. The van der Waals surface area contributed by atoms with Crippen LogP contribution in [0, 0.1) is 0 Å². The highest BCUT2D eigenvalue weighted by Gasteiger charge is 2.12. The van der Waals surface area contributed by atoms with Crippen molar-refractivity contribution >= 4 is 27.5 Å². The maximum absolute atomic E-state index is 6.14. The van der Waals surface area contributed by atoms with Gasteiger partial charge in [-0.1, -0.05) is 31.5 Å². The fourth-order valence-electron chi connectivity index (χ4n) is 1.67. The van der Waals surface area contributed by atoms with E-state index in [1.54, 1.807) is 0 Å². The average Bonchev–Trinajstić information content (AvgIpc) is 2.37. The monoisotopic (exact) mass is 333 g/mol. The van der Waals surface area contributed by atoms with Crippen LogP contribution >= 0.6 is 27.5 Å². The Morgan fingerprint density at radius 1 is 1.33 bits per heavy atom. The van der Waals surface area contributed by atoms with Crippen molar-refractivity contribution < 1.29 is 4.74 Å². The molecule has 0 radical (unpaired) electrons. The number of ether oxygens (including phenoxy) is 1. The molecule has 0 bridgehead atoms. The first-order chi connectivity index (χ1) is 8.69. The Hall–Kier alpha value is -0.0900. The third kappa shape index (κ3) is 5.27. The van der Waals surface area contributed by atoms with Crippen molar-refractivity contribution in [2.24, 2.45) is 0 Å². The van der Waals surface area contributed by atoms with Gasteiger partial charge in [0.15, 0.2) is 0 Å². The van der Waals surface area contributed by atoms with Gasteiger partial charge in [-0.15, -0.1) is 0 Å². The van der Waals surface area contributed by atoms with Gasteiger partial charge >= 0.3 is 0 Å². The van der Waals surface area contributed by atoms with Crippen molar-refractivity contribution in [2.45, 2.75) is 32.7 Å². The van der Waals surface area contributed by atoms with E-state index in [0.29, 0.717) is 6.61 Å². The molecule has 1 N–H and O–H groups in total. The van der Waals surface area contributed by atoms with Crippen molar-refractivity contribution in [3.63, 3.8) is 0 Å². The van der Waals surface area contributed by atoms with Crippen LogP contribution in [0.2, 0.25) is 5.02 Å². The third-order valence-electron chi connectivity index (χ3n) is 2.62. The molecule has 0 spiro atoms. The van der Waals surface area contributed by atoms with Gasteiger partial charge in [0.1, 0.15) is 0 Å². The largest absolute Gasteiger partial charge is 0.379 e. The van der Waals surface area contributed by atoms with Crippen LogP contribution in [0.25, 0.3) is 0 Å². The van der Waals surface area contributed by atoms with Crippen LogP contribution in [0.1, 0.15) is 38.3 Å². The van der Waals surface area contributed by atoms with Crippen LogP contribution in [0.3, 0.4) is 0 Å². The number of hydrogen-bond acceptors (Lipinski definition) is 2. The van der Waals surface area contributed by atoms with Gasteiger partial charge in [0, 0.05) is 11.1 Å². The highest BCUT2D eigenvalue weighted by atomic mass is 79.9. The molecule has 0 amide bonds. The van der Waals surface area contributed by atoms with E-state index >= 15 is 0 Å². The van der Waals surface area contributed by atoms with Crippen molar-refractivity contribution in [1.29, 1.82) is 0 Å². The third-order valence-corrected chi connectivity index (χ3v) is 3.85. The minimum atomic E-state index is 0.210. The van der Waals surface area contributed by atoms with Gasteiger partial charge in [-0.2, -0.15) is 0 Å². The minimum absolute atomic E-state index is 0.210. The number of benzene rings is 1. The molecule has 0 heterocycles. The Morgan fingerprint density at radius 3 is 2.72 bits per heavy atom. The fraction of sp³-hybridized carbons (Fsp3) is 0.571. The Labute approximate surface area is 123 Å². The zero-order valence-electron chi connectivity index (χ0n) is 11.0. The lowest BCUT2D eigenvalue weighted by Gasteiger charge is -2.19. The lowest BCUT2D eigenvalue weighted by Crippen LogP contribution is -2.26. The predicted molar refractivity (Wildman–Crippen MR) is 81.3 cm³/mol. The molecule has 102 valence electrons. The summed E-state index contributed by atoms with van der Waals surface area (Å²) in [5, 5.41) is 4.23. The molecule has 0 fully saturated rings. The molecule has 18 heavy (non-hydrogen) atoms. The average molecular weight is 335 g/mol. The number of halogens is 2. The van der Waals surface area contributed by atoms with Gasteiger partial charge in [-0.05, 0) is 53.0 Å². The normalized spacial score (nSPS) is 12.7. The summed E-state index contributed by atoms with van der Waals surface area (Å²) in [5.41, 5.74) is 1.17. The van der Waals surface area contributed by atoms with Crippen LogP contribution in [0.15, 0.2) is 22.7 Å². The summed E-state index contributed by atoms with van der Waals surface area (Å²) in [6, 6.07) is 6.27. The van der Waals surface area contributed by atoms with E-state index in [0.717, 1.165) is 35.5 Å². The van der Waals surface area contributed by atoms with Gasteiger partial charge in [0.25, 0.3) is 0 Å². The molecular weight excluding hydrogens is 314 g/mol. The van der Waals surface area contributed by atoms with Crippen molar-refractivity contribution in [3.8, 4) is 0 Å². The van der Waals surface area contributed by atoms with Gasteiger partial charge in [-0.3, -0.25) is 0 Å². The molecule has 0 aliphatic heterocycles. The van der Waals surface area contributed by atoms with E-state index in [2.05, 4.69) is 41.2 Å². The fourth-order valence-corrected chi connectivity index (χ4v) is 2.10. The topological polar surface area (TPSA) is 21.3 Å². The van der Waals surface area contributed by atoms with Gasteiger partial charge in [0.2, 0.25) is 0 Å². The summed E-state index contributed by atoms with van der Waals surface area (Å²) in [4.78, 5) is 0. The first kappa shape index (κ1) is 16.0. The molecule has 0 saturated heterocycles. The highest BCUT2D eigenvalue weighted by molar-refractivity contribution is 9.10. The van der Waals surface area contributed by atoms with Crippen molar-refractivity contribution in [3.05, 3.63) is 33.3 Å². The van der Waals surface area contributed by atoms with Crippen LogP contribution < -0.4 is 5.32 Å². The standard InChI is InChI=1S/C14H21BrClNO/c1-3-7-17-14(10-18-8-4-2)11-5-6-12(15)13(16)9-11/h5-6,9,14,17H,3-4,7-8,10H2,1-2H3. The zero-order valence-corrected chi connectivity index (χ0v) is 13.4. The number of hydrogen-bond donors (Lipinski definition) is 1. The molecule has 0 saturated carbocycles. The molecule has 0 aliphatic rings. The molecule has 4 heteroatoms. The lowest BCUT2D eigenvalue weighted by molar-refractivity contribution is 0.112. The molecule has 1 rings (SSSR count). The van der Waals surface area contributed by atoms with Crippen LogP contribution in [-0.2, 0) is 4.74 Å². The maximum Gasteiger partial charge on any atom is 0.0661 e. The van der Waals surface area contributed by atoms with Crippen LogP contribution in [0.5, 0.6) is 0 Å². The van der Waals surface area contributed by atoms with Gasteiger partial charge in [-0.25, -0.2) is 0 Å². The summed E-state index contributed by atoms with van der Waals surface area (Å²) in [6.45, 7) is 6.74. The molecule has 0 aliphatic carbocycles. The first-order valence-electron chi connectivity index (χ1n) is 6.45. The molecule has 1 aromatic carbocycles. The Kier molecular flexibility index (Phi) is 7.91. The first-order valence-corrected chi connectivity index (χ1v) is 7.62. The molecule has 1 unspecified atom stereocenters. The second-order valence-electron chi connectivity index (χ2n) is 4.26. The number of rotatable bonds is 8.